The van der Waals surface area contributed by atoms with E-state index in [9.17, 15) is 19.2 Å². The lowest BCUT2D eigenvalue weighted by Crippen LogP contribution is -2.33. The third-order valence-electron chi connectivity index (χ3n) is 5.63. The molecule has 0 radical (unpaired) electrons. The first-order valence-corrected chi connectivity index (χ1v) is 12.0. The number of nitrogens with zero attached hydrogens (tertiary/aromatic N) is 1. The van der Waals surface area contributed by atoms with Crippen molar-refractivity contribution in [2.75, 3.05) is 11.9 Å². The minimum Gasteiger partial charge on any atom is -0.462 e. The molecule has 0 aromatic heterocycles. The van der Waals surface area contributed by atoms with Crippen LogP contribution in [-0.2, 0) is 27.4 Å². The molecular weight excluding hydrogens is 494 g/mol. The molecule has 0 atom stereocenters. The summed E-state index contributed by atoms with van der Waals surface area (Å²) >= 11 is 6.16. The number of benzene rings is 3. The molecule has 0 saturated heterocycles. The zero-order chi connectivity index (χ0) is 26.4. The molecule has 0 saturated carbocycles. The molecule has 0 bridgehead atoms. The normalized spacial score (nSPS) is 13.1. The van der Waals surface area contributed by atoms with Crippen LogP contribution in [0.1, 0.15) is 38.8 Å². The van der Waals surface area contributed by atoms with E-state index >= 15 is 0 Å². The molecule has 1 aliphatic rings. The maximum absolute atomic E-state index is 12.8. The van der Waals surface area contributed by atoms with Gasteiger partial charge in [0.25, 0.3) is 17.7 Å². The van der Waals surface area contributed by atoms with E-state index in [0.717, 1.165) is 16.0 Å². The Bertz CT molecular complexity index is 1350. The van der Waals surface area contributed by atoms with Gasteiger partial charge in [-0.25, -0.2) is 4.79 Å². The van der Waals surface area contributed by atoms with Crippen molar-refractivity contribution >= 4 is 41.0 Å². The van der Waals surface area contributed by atoms with Crippen molar-refractivity contribution in [3.05, 3.63) is 112 Å². The van der Waals surface area contributed by atoms with Crippen molar-refractivity contribution in [3.8, 4) is 0 Å². The number of amides is 3. The second-order valence-electron chi connectivity index (χ2n) is 8.17. The fourth-order valence-corrected chi connectivity index (χ4v) is 3.93. The second-order valence-corrected chi connectivity index (χ2v) is 8.55. The minimum atomic E-state index is -0.541. The number of hydrogen-bond donors (Lipinski definition) is 2. The number of rotatable bonds is 9. The fourth-order valence-electron chi connectivity index (χ4n) is 3.68. The van der Waals surface area contributed by atoms with E-state index in [2.05, 4.69) is 10.6 Å². The zero-order valence-electron chi connectivity index (χ0n) is 20.0. The molecule has 8 nitrogen and oxygen atoms in total. The first-order chi connectivity index (χ1) is 17.9. The van der Waals surface area contributed by atoms with Gasteiger partial charge in [-0.05, 0) is 54.4 Å². The Morgan fingerprint density at radius 1 is 0.838 bits per heavy atom. The van der Waals surface area contributed by atoms with Crippen LogP contribution in [0.3, 0.4) is 0 Å². The van der Waals surface area contributed by atoms with E-state index < -0.39 is 17.8 Å². The predicted octanol–water partition coefficient (Wildman–Crippen LogP) is 4.22. The van der Waals surface area contributed by atoms with Gasteiger partial charge in [-0.1, -0.05) is 54.1 Å². The Morgan fingerprint density at radius 3 is 2.14 bits per heavy atom. The third-order valence-corrected chi connectivity index (χ3v) is 5.98. The van der Waals surface area contributed by atoms with E-state index in [1.807, 2.05) is 30.3 Å². The summed E-state index contributed by atoms with van der Waals surface area (Å²) in [5.74, 6) is -1.76. The summed E-state index contributed by atoms with van der Waals surface area (Å²) in [6.07, 6.45) is 0. The highest BCUT2D eigenvalue weighted by Crippen LogP contribution is 2.24. The number of ether oxygens (including phenoxy) is 1. The number of carbonyl (C=O) groups excluding carboxylic acids is 4. The molecule has 0 aliphatic carbocycles. The molecule has 3 amide bonds. The number of anilines is 1. The summed E-state index contributed by atoms with van der Waals surface area (Å²) in [5, 5.41) is 5.58. The number of halogens is 1. The summed E-state index contributed by atoms with van der Waals surface area (Å²) in [7, 11) is 0. The van der Waals surface area contributed by atoms with E-state index in [1.54, 1.807) is 55.5 Å². The Balaban J connectivity index is 1.33. The average Bonchev–Trinajstić information content (AvgIpc) is 3.11. The lowest BCUT2D eigenvalue weighted by molar-refractivity contribution is -0.138. The molecule has 37 heavy (non-hydrogen) atoms. The molecule has 0 fully saturated rings. The Kier molecular flexibility index (Phi) is 8.00. The van der Waals surface area contributed by atoms with Crippen LogP contribution in [0.25, 0.3) is 0 Å². The maximum atomic E-state index is 12.8. The van der Waals surface area contributed by atoms with Crippen molar-refractivity contribution < 1.29 is 23.9 Å². The molecule has 0 spiro atoms. The number of nitrogens with one attached hydrogen (secondary N) is 2. The number of hydrogen-bond acceptors (Lipinski definition) is 6. The van der Waals surface area contributed by atoms with Crippen molar-refractivity contribution in [1.29, 1.82) is 0 Å². The maximum Gasteiger partial charge on any atom is 0.338 e. The molecule has 1 aliphatic heterocycles. The van der Waals surface area contributed by atoms with Gasteiger partial charge in [0.2, 0.25) is 0 Å². The first kappa shape index (κ1) is 25.7. The zero-order valence-corrected chi connectivity index (χ0v) is 20.7. The topological polar surface area (TPSA) is 105 Å². The first-order valence-electron chi connectivity index (χ1n) is 11.6. The molecule has 0 unspecified atom stereocenters. The Labute approximate surface area is 218 Å². The predicted molar refractivity (Wildman–Crippen MR) is 139 cm³/mol. The number of imide groups is 1. The van der Waals surface area contributed by atoms with Crippen LogP contribution in [0.2, 0.25) is 0 Å². The van der Waals surface area contributed by atoms with Gasteiger partial charge in [0.15, 0.2) is 0 Å². The smallest absolute Gasteiger partial charge is 0.338 e. The van der Waals surface area contributed by atoms with Crippen LogP contribution in [0.15, 0.2) is 89.6 Å². The van der Waals surface area contributed by atoms with Crippen LogP contribution in [0, 0.1) is 0 Å². The van der Waals surface area contributed by atoms with Gasteiger partial charge in [0.1, 0.15) is 10.7 Å². The summed E-state index contributed by atoms with van der Waals surface area (Å²) in [6.45, 7) is 2.39. The molecule has 2 N–H and O–H groups in total. The van der Waals surface area contributed by atoms with Crippen LogP contribution in [-0.4, -0.2) is 35.2 Å². The van der Waals surface area contributed by atoms with Crippen molar-refractivity contribution in [2.45, 2.75) is 20.0 Å². The quantitative estimate of drug-likeness (QED) is 0.325. The van der Waals surface area contributed by atoms with Gasteiger partial charge in [-0.3, -0.25) is 19.3 Å². The summed E-state index contributed by atoms with van der Waals surface area (Å²) in [5.41, 5.74) is 3.02. The van der Waals surface area contributed by atoms with Crippen LogP contribution < -0.4 is 10.6 Å². The second kappa shape index (κ2) is 11.5. The Morgan fingerprint density at radius 2 is 1.49 bits per heavy atom. The lowest BCUT2D eigenvalue weighted by atomic mass is 10.1. The van der Waals surface area contributed by atoms with Crippen molar-refractivity contribution in [3.63, 3.8) is 0 Å². The monoisotopic (exact) mass is 517 g/mol. The minimum absolute atomic E-state index is 0.0516. The number of carbonyl (C=O) groups is 4. The fraction of sp³-hybridized carbons (Fsp3) is 0.143. The van der Waals surface area contributed by atoms with Crippen molar-refractivity contribution in [1.82, 2.24) is 10.2 Å². The molecule has 9 heteroatoms. The highest BCUT2D eigenvalue weighted by Gasteiger charge is 2.37. The summed E-state index contributed by atoms with van der Waals surface area (Å²) < 4.78 is 4.95. The van der Waals surface area contributed by atoms with Gasteiger partial charge in [-0.2, -0.15) is 0 Å². The molecular formula is C28H24ClN3O5. The van der Waals surface area contributed by atoms with Gasteiger partial charge in [0.05, 0.1) is 18.7 Å². The van der Waals surface area contributed by atoms with Gasteiger partial charge < -0.3 is 15.4 Å². The van der Waals surface area contributed by atoms with Crippen LogP contribution in [0.4, 0.5) is 5.69 Å². The highest BCUT2D eigenvalue weighted by atomic mass is 35.5. The van der Waals surface area contributed by atoms with E-state index in [-0.39, 0.29) is 36.3 Å². The standard InChI is InChI=1S/C28H24ClN3O5/c1-2-37-28(36)21-12-14-22(15-13-21)31-25(33)20-10-8-18(9-11-20)16-30-24-23(29)26(34)32(27(24)35)17-19-6-4-3-5-7-19/h3-15,30H,2,16-17H2,1H3,(H,31,33). The number of esters is 1. The molecule has 4 rings (SSSR count). The largest absolute Gasteiger partial charge is 0.462 e. The summed E-state index contributed by atoms with van der Waals surface area (Å²) in [4.78, 5) is 50.7. The van der Waals surface area contributed by atoms with Gasteiger partial charge in [0, 0.05) is 17.8 Å². The SMILES string of the molecule is CCOC(=O)c1ccc(NC(=O)c2ccc(CNC3=C(Cl)C(=O)N(Cc4ccccc4)C3=O)cc2)cc1. The highest BCUT2D eigenvalue weighted by molar-refractivity contribution is 6.47. The molecule has 1 heterocycles. The van der Waals surface area contributed by atoms with E-state index in [1.165, 1.54) is 0 Å². The van der Waals surface area contributed by atoms with E-state index in [0.29, 0.717) is 16.8 Å². The Hall–Kier alpha value is -4.43. The van der Waals surface area contributed by atoms with Crippen molar-refractivity contribution in [2.24, 2.45) is 0 Å². The lowest BCUT2D eigenvalue weighted by Gasteiger charge is -2.15. The van der Waals surface area contributed by atoms with Crippen LogP contribution >= 0.6 is 11.6 Å². The average molecular weight is 518 g/mol. The molecule has 3 aromatic carbocycles. The molecule has 3 aromatic rings. The molecule has 188 valence electrons. The summed E-state index contributed by atoms with van der Waals surface area (Å²) in [6, 6.07) is 22.4. The van der Waals surface area contributed by atoms with Gasteiger partial charge >= 0.3 is 5.97 Å². The van der Waals surface area contributed by atoms with E-state index in [4.69, 9.17) is 16.3 Å². The van der Waals surface area contributed by atoms with Gasteiger partial charge in [-0.15, -0.1) is 0 Å². The third kappa shape index (κ3) is 6.05. The van der Waals surface area contributed by atoms with Crippen LogP contribution in [0.5, 0.6) is 0 Å².